The number of carbonyl (C=O) groups is 1. The topological polar surface area (TPSA) is 84.2 Å². The van der Waals surface area contributed by atoms with Crippen molar-refractivity contribution in [2.24, 2.45) is 0 Å². The second-order valence-corrected chi connectivity index (χ2v) is 9.84. The third-order valence-electron chi connectivity index (χ3n) is 6.35. The van der Waals surface area contributed by atoms with Crippen molar-refractivity contribution in [3.05, 3.63) is 70.8 Å². The summed E-state index contributed by atoms with van der Waals surface area (Å²) in [6.45, 7) is 2.80. The number of benzene rings is 2. The molecule has 0 saturated carbocycles. The average molecular weight is 486 g/mol. The Bertz CT molecular complexity index is 1280. The van der Waals surface area contributed by atoms with Gasteiger partial charge in [-0.3, -0.25) is 4.79 Å². The number of fused-ring (bicyclic) bond motifs is 2. The van der Waals surface area contributed by atoms with E-state index in [1.807, 2.05) is 24.3 Å². The van der Waals surface area contributed by atoms with Crippen LogP contribution in [0.2, 0.25) is 0 Å². The molecule has 0 radical (unpaired) electrons. The van der Waals surface area contributed by atoms with E-state index in [2.05, 4.69) is 42.6 Å². The number of thioether (sulfide) groups is 1. The van der Waals surface area contributed by atoms with Crippen LogP contribution in [0.25, 0.3) is 11.3 Å². The van der Waals surface area contributed by atoms with Gasteiger partial charge in [-0.05, 0) is 55.9 Å². The van der Waals surface area contributed by atoms with Crippen molar-refractivity contribution in [1.29, 1.82) is 5.26 Å². The number of pyridine rings is 1. The first-order chi connectivity index (χ1) is 17.1. The molecule has 0 spiro atoms. The number of ether oxygens (including phenoxy) is 2. The Morgan fingerprint density at radius 1 is 1.11 bits per heavy atom. The van der Waals surface area contributed by atoms with E-state index in [9.17, 15) is 10.1 Å². The van der Waals surface area contributed by atoms with Crippen LogP contribution in [-0.2, 0) is 17.6 Å². The fourth-order valence-corrected chi connectivity index (χ4v) is 5.38. The molecule has 0 bridgehead atoms. The van der Waals surface area contributed by atoms with Gasteiger partial charge in [0, 0.05) is 5.56 Å². The lowest BCUT2D eigenvalue weighted by atomic mass is 9.86. The molecule has 1 aliphatic carbocycles. The van der Waals surface area contributed by atoms with E-state index in [0.29, 0.717) is 29.5 Å². The molecule has 1 amide bonds. The van der Waals surface area contributed by atoms with Gasteiger partial charge in [0.1, 0.15) is 23.8 Å². The van der Waals surface area contributed by atoms with E-state index in [-0.39, 0.29) is 17.8 Å². The molecule has 0 fully saturated rings. The van der Waals surface area contributed by atoms with Crippen molar-refractivity contribution < 1.29 is 14.3 Å². The lowest BCUT2D eigenvalue weighted by molar-refractivity contribution is -0.119. The summed E-state index contributed by atoms with van der Waals surface area (Å²) in [4.78, 5) is 17.6. The van der Waals surface area contributed by atoms with Gasteiger partial charge in [0.05, 0.1) is 23.6 Å². The Kier molecular flexibility index (Phi) is 6.91. The maximum atomic E-state index is 12.6. The van der Waals surface area contributed by atoms with Crippen LogP contribution in [0.3, 0.4) is 0 Å². The van der Waals surface area contributed by atoms with Crippen LogP contribution >= 0.6 is 11.8 Å². The molecule has 2 heterocycles. The van der Waals surface area contributed by atoms with Crippen LogP contribution in [0, 0.1) is 18.3 Å². The van der Waals surface area contributed by atoms with Gasteiger partial charge in [0.2, 0.25) is 5.91 Å². The molecule has 2 aliphatic rings. The zero-order valence-corrected chi connectivity index (χ0v) is 20.5. The zero-order chi connectivity index (χ0) is 24.2. The number of hydrogen-bond acceptors (Lipinski definition) is 6. The number of hydrogen-bond donors (Lipinski definition) is 1. The predicted molar refractivity (Wildman–Crippen MR) is 136 cm³/mol. The first-order valence-corrected chi connectivity index (χ1v) is 12.9. The molecule has 7 heteroatoms. The average Bonchev–Trinajstić information content (AvgIpc) is 2.90. The van der Waals surface area contributed by atoms with E-state index < -0.39 is 0 Å². The van der Waals surface area contributed by atoms with Crippen LogP contribution in [0.4, 0.5) is 0 Å². The Hall–Kier alpha value is -3.50. The predicted octanol–water partition coefficient (Wildman–Crippen LogP) is 4.86. The summed E-state index contributed by atoms with van der Waals surface area (Å²) in [5.74, 6) is 1.46. The van der Waals surface area contributed by atoms with Crippen molar-refractivity contribution in [1.82, 2.24) is 10.3 Å². The molecular formula is C28H27N3O3S. The van der Waals surface area contributed by atoms with Gasteiger partial charge in [-0.15, -0.1) is 0 Å². The molecule has 35 heavy (non-hydrogen) atoms. The van der Waals surface area contributed by atoms with Crippen molar-refractivity contribution in [3.8, 4) is 28.8 Å². The van der Waals surface area contributed by atoms with Crippen LogP contribution in [0.1, 0.15) is 35.1 Å². The summed E-state index contributed by atoms with van der Waals surface area (Å²) >= 11 is 1.32. The molecule has 1 aliphatic heterocycles. The summed E-state index contributed by atoms with van der Waals surface area (Å²) < 4.78 is 11.6. The van der Waals surface area contributed by atoms with Gasteiger partial charge >= 0.3 is 0 Å². The first-order valence-electron chi connectivity index (χ1n) is 11.9. The summed E-state index contributed by atoms with van der Waals surface area (Å²) in [5, 5.41) is 13.5. The molecule has 1 unspecified atom stereocenters. The van der Waals surface area contributed by atoms with E-state index in [1.165, 1.54) is 22.9 Å². The van der Waals surface area contributed by atoms with Crippen LogP contribution < -0.4 is 14.8 Å². The number of para-hydroxylation sites is 2. The Morgan fingerprint density at radius 2 is 1.86 bits per heavy atom. The van der Waals surface area contributed by atoms with Gasteiger partial charge in [0.25, 0.3) is 0 Å². The minimum atomic E-state index is -0.247. The van der Waals surface area contributed by atoms with Gasteiger partial charge in [0.15, 0.2) is 11.5 Å². The van der Waals surface area contributed by atoms with Gasteiger partial charge in [-0.25, -0.2) is 4.98 Å². The van der Waals surface area contributed by atoms with Crippen molar-refractivity contribution in [2.45, 2.75) is 43.7 Å². The quantitative estimate of drug-likeness (QED) is 0.502. The number of nitriles is 1. The van der Waals surface area contributed by atoms with Gasteiger partial charge < -0.3 is 14.8 Å². The molecule has 1 N–H and O–H groups in total. The second kappa shape index (κ2) is 10.4. The highest BCUT2D eigenvalue weighted by atomic mass is 32.2. The number of aryl methyl sites for hydroxylation is 1. The van der Waals surface area contributed by atoms with Crippen molar-refractivity contribution >= 4 is 17.7 Å². The van der Waals surface area contributed by atoms with Gasteiger partial charge in [-0.1, -0.05) is 53.7 Å². The van der Waals surface area contributed by atoms with Crippen LogP contribution in [0.5, 0.6) is 11.5 Å². The lowest BCUT2D eigenvalue weighted by Crippen LogP contribution is -2.41. The third kappa shape index (κ3) is 5.13. The molecular weight excluding hydrogens is 458 g/mol. The van der Waals surface area contributed by atoms with Crippen molar-refractivity contribution in [3.63, 3.8) is 0 Å². The normalized spacial score (nSPS) is 16.2. The molecule has 5 rings (SSSR count). The molecule has 1 atom stereocenters. The van der Waals surface area contributed by atoms with E-state index in [4.69, 9.17) is 14.5 Å². The highest BCUT2D eigenvalue weighted by molar-refractivity contribution is 8.00. The number of rotatable bonds is 6. The molecule has 2 aromatic carbocycles. The number of nitrogens with one attached hydrogen (secondary N) is 1. The summed E-state index contributed by atoms with van der Waals surface area (Å²) in [6.07, 6.45) is 3.72. The largest absolute Gasteiger partial charge is 0.486 e. The van der Waals surface area contributed by atoms with Gasteiger partial charge in [-0.2, -0.15) is 5.26 Å². The SMILES string of the molecule is Cc1ccc(-c2nc(SCC(=O)NCC3COc4ccccc4O3)c(C#N)c3c2CCCC3)cc1. The van der Waals surface area contributed by atoms with Crippen molar-refractivity contribution in [2.75, 3.05) is 18.9 Å². The van der Waals surface area contributed by atoms with Crippen LogP contribution in [0.15, 0.2) is 53.6 Å². The Balaban J connectivity index is 1.29. The van der Waals surface area contributed by atoms with E-state index in [1.54, 1.807) is 0 Å². The number of carbonyl (C=O) groups excluding carboxylic acids is 1. The number of nitrogens with zero attached hydrogens (tertiary/aromatic N) is 2. The molecule has 1 aromatic heterocycles. The minimum absolute atomic E-state index is 0.127. The maximum Gasteiger partial charge on any atom is 0.230 e. The van der Waals surface area contributed by atoms with Crippen LogP contribution in [-0.4, -0.2) is 35.9 Å². The Morgan fingerprint density at radius 3 is 2.63 bits per heavy atom. The second-order valence-electron chi connectivity index (χ2n) is 8.87. The standard InChI is InChI=1S/C28H27N3O3S/c1-18-10-12-19(13-11-18)27-22-7-3-2-6-21(22)23(14-29)28(31-27)35-17-26(32)30-15-20-16-33-24-8-4-5-9-25(24)34-20/h4-5,8-13,20H,2-3,6-7,15-17H2,1H3,(H,30,32). The molecule has 0 saturated heterocycles. The Labute approximate surface area is 209 Å². The molecule has 178 valence electrons. The maximum absolute atomic E-state index is 12.6. The smallest absolute Gasteiger partial charge is 0.230 e. The minimum Gasteiger partial charge on any atom is -0.486 e. The highest BCUT2D eigenvalue weighted by Crippen LogP contribution is 2.36. The monoisotopic (exact) mass is 485 g/mol. The molecule has 6 nitrogen and oxygen atoms in total. The summed E-state index contributed by atoms with van der Waals surface area (Å²) in [7, 11) is 0. The van der Waals surface area contributed by atoms with E-state index in [0.717, 1.165) is 48.3 Å². The fraction of sp³-hybridized carbons (Fsp3) is 0.321. The number of amides is 1. The molecule has 3 aromatic rings. The van der Waals surface area contributed by atoms with E-state index >= 15 is 0 Å². The lowest BCUT2D eigenvalue weighted by Gasteiger charge is -2.26. The zero-order valence-electron chi connectivity index (χ0n) is 19.7. The third-order valence-corrected chi connectivity index (χ3v) is 7.33. The number of aromatic nitrogens is 1. The summed E-state index contributed by atoms with van der Waals surface area (Å²) in [6, 6.07) is 18.2. The first kappa shape index (κ1) is 23.3. The summed E-state index contributed by atoms with van der Waals surface area (Å²) in [5.41, 5.74) is 6.08. The fourth-order valence-electron chi connectivity index (χ4n) is 4.54. The highest BCUT2D eigenvalue weighted by Gasteiger charge is 2.24.